The first kappa shape index (κ1) is 14.7. The van der Waals surface area contributed by atoms with Crippen LogP contribution in [0.25, 0.3) is 0 Å². The molecule has 2 aromatic rings. The summed E-state index contributed by atoms with van der Waals surface area (Å²) in [5.74, 6) is 0. The van der Waals surface area contributed by atoms with Gasteiger partial charge in [-0.3, -0.25) is 0 Å². The second-order valence-electron chi connectivity index (χ2n) is 4.95. The first-order valence-electron chi connectivity index (χ1n) is 6.59. The number of nitrogens with zero attached hydrogens (tertiary/aromatic N) is 1. The van der Waals surface area contributed by atoms with Crippen LogP contribution in [0.15, 0.2) is 41.6 Å². The summed E-state index contributed by atoms with van der Waals surface area (Å²) in [7, 11) is -3.17. The van der Waals surface area contributed by atoms with Crippen LogP contribution in [0.2, 0.25) is 0 Å². The van der Waals surface area contributed by atoms with Crippen LogP contribution in [0.5, 0.6) is 0 Å². The van der Waals surface area contributed by atoms with Gasteiger partial charge < -0.3 is 9.88 Å². The van der Waals surface area contributed by atoms with Crippen molar-refractivity contribution < 1.29 is 8.42 Å². The summed E-state index contributed by atoms with van der Waals surface area (Å²) in [6, 6.07) is 7.23. The first-order chi connectivity index (χ1) is 9.40. The molecule has 0 saturated carbocycles. The van der Waals surface area contributed by atoms with E-state index in [0.717, 1.165) is 17.8 Å². The average Bonchev–Trinajstić information content (AvgIpc) is 2.84. The van der Waals surface area contributed by atoms with Crippen molar-refractivity contribution in [3.8, 4) is 0 Å². The van der Waals surface area contributed by atoms with Crippen LogP contribution in [0.1, 0.15) is 18.1 Å². The Balaban J connectivity index is 2.16. The molecular weight excluding hydrogens is 272 g/mol. The van der Waals surface area contributed by atoms with E-state index in [1.165, 1.54) is 11.8 Å². The molecule has 0 atom stereocenters. The van der Waals surface area contributed by atoms with Crippen molar-refractivity contribution >= 4 is 15.5 Å². The van der Waals surface area contributed by atoms with Crippen molar-refractivity contribution in [1.82, 2.24) is 4.57 Å². The normalized spacial score (nSPS) is 11.6. The zero-order valence-corrected chi connectivity index (χ0v) is 12.9. The van der Waals surface area contributed by atoms with Crippen LogP contribution in [-0.2, 0) is 22.9 Å². The number of nitrogens with one attached hydrogen (secondary N) is 1. The largest absolute Gasteiger partial charge is 0.381 e. The van der Waals surface area contributed by atoms with Crippen molar-refractivity contribution in [2.24, 2.45) is 0 Å². The zero-order chi connectivity index (χ0) is 14.8. The standard InChI is InChI=1S/C15H20N2O2S/c1-4-17-8-7-13(11-17)10-16-15-9-14(20(3,18)19)6-5-12(15)2/h5-9,11,16H,4,10H2,1-3H3. The minimum atomic E-state index is -3.17. The van der Waals surface area contributed by atoms with E-state index in [0.29, 0.717) is 11.4 Å². The van der Waals surface area contributed by atoms with Crippen molar-refractivity contribution in [2.75, 3.05) is 11.6 Å². The molecule has 0 amide bonds. The van der Waals surface area contributed by atoms with E-state index in [1.807, 2.05) is 19.2 Å². The third-order valence-corrected chi connectivity index (χ3v) is 4.41. The van der Waals surface area contributed by atoms with Crippen LogP contribution in [-0.4, -0.2) is 19.2 Å². The fourth-order valence-electron chi connectivity index (χ4n) is 2.01. The van der Waals surface area contributed by atoms with Crippen molar-refractivity contribution in [1.29, 1.82) is 0 Å². The highest BCUT2D eigenvalue weighted by atomic mass is 32.2. The van der Waals surface area contributed by atoms with Gasteiger partial charge >= 0.3 is 0 Å². The number of aromatic nitrogens is 1. The third-order valence-electron chi connectivity index (χ3n) is 3.30. The van der Waals surface area contributed by atoms with Crippen LogP contribution < -0.4 is 5.32 Å². The number of sulfone groups is 1. The Hall–Kier alpha value is -1.75. The summed E-state index contributed by atoms with van der Waals surface area (Å²) in [6.07, 6.45) is 5.35. The molecule has 0 aliphatic rings. The summed E-state index contributed by atoms with van der Waals surface area (Å²) in [5.41, 5.74) is 3.07. The molecule has 0 saturated heterocycles. The lowest BCUT2D eigenvalue weighted by Crippen LogP contribution is -2.03. The highest BCUT2D eigenvalue weighted by molar-refractivity contribution is 7.90. The molecule has 0 aliphatic heterocycles. The first-order valence-corrected chi connectivity index (χ1v) is 8.48. The Morgan fingerprint density at radius 2 is 2.00 bits per heavy atom. The number of aryl methyl sites for hydroxylation is 2. The molecule has 20 heavy (non-hydrogen) atoms. The van der Waals surface area contributed by atoms with Crippen LogP contribution in [0, 0.1) is 6.92 Å². The molecule has 2 rings (SSSR count). The second-order valence-corrected chi connectivity index (χ2v) is 6.97. The molecule has 5 heteroatoms. The molecule has 1 heterocycles. The van der Waals surface area contributed by atoms with Crippen LogP contribution in [0.3, 0.4) is 0 Å². The van der Waals surface area contributed by atoms with Gasteiger partial charge in [0.1, 0.15) is 0 Å². The van der Waals surface area contributed by atoms with E-state index in [-0.39, 0.29) is 0 Å². The second kappa shape index (κ2) is 5.71. The smallest absolute Gasteiger partial charge is 0.175 e. The minimum Gasteiger partial charge on any atom is -0.381 e. The maximum Gasteiger partial charge on any atom is 0.175 e. The van der Waals surface area contributed by atoms with Gasteiger partial charge in [0, 0.05) is 37.4 Å². The van der Waals surface area contributed by atoms with Gasteiger partial charge in [0.05, 0.1) is 4.90 Å². The van der Waals surface area contributed by atoms with E-state index in [2.05, 4.69) is 29.1 Å². The Morgan fingerprint density at radius 1 is 1.25 bits per heavy atom. The Bertz CT molecular complexity index is 702. The number of hydrogen-bond acceptors (Lipinski definition) is 3. The maximum atomic E-state index is 11.6. The number of hydrogen-bond donors (Lipinski definition) is 1. The molecule has 0 unspecified atom stereocenters. The fourth-order valence-corrected chi connectivity index (χ4v) is 2.66. The van der Waals surface area contributed by atoms with E-state index in [9.17, 15) is 8.42 Å². The van der Waals surface area contributed by atoms with E-state index < -0.39 is 9.84 Å². The summed E-state index contributed by atoms with van der Waals surface area (Å²) in [4.78, 5) is 0.344. The molecule has 0 spiro atoms. The molecule has 0 bridgehead atoms. The monoisotopic (exact) mass is 292 g/mol. The summed E-state index contributed by atoms with van der Waals surface area (Å²) < 4.78 is 25.3. The molecule has 0 aliphatic carbocycles. The number of rotatable bonds is 5. The maximum absolute atomic E-state index is 11.6. The molecule has 4 nitrogen and oxygen atoms in total. The van der Waals surface area contributed by atoms with Crippen molar-refractivity contribution in [2.45, 2.75) is 31.8 Å². The Labute approximate surface area is 120 Å². The third kappa shape index (κ3) is 3.42. The number of benzene rings is 1. The average molecular weight is 292 g/mol. The van der Waals surface area contributed by atoms with Crippen LogP contribution in [0.4, 0.5) is 5.69 Å². The van der Waals surface area contributed by atoms with Crippen molar-refractivity contribution in [3.63, 3.8) is 0 Å². The quantitative estimate of drug-likeness (QED) is 0.922. The molecule has 1 aromatic carbocycles. The van der Waals surface area contributed by atoms with Gasteiger partial charge in [-0.25, -0.2) is 8.42 Å². The zero-order valence-electron chi connectivity index (χ0n) is 12.1. The number of anilines is 1. The van der Waals surface area contributed by atoms with Gasteiger partial charge in [-0.2, -0.15) is 0 Å². The molecule has 1 aromatic heterocycles. The lowest BCUT2D eigenvalue weighted by Gasteiger charge is -2.10. The summed E-state index contributed by atoms with van der Waals surface area (Å²) in [6.45, 7) is 5.69. The Morgan fingerprint density at radius 3 is 2.60 bits per heavy atom. The molecule has 0 fully saturated rings. The topological polar surface area (TPSA) is 51.1 Å². The fraction of sp³-hybridized carbons (Fsp3) is 0.333. The van der Waals surface area contributed by atoms with E-state index >= 15 is 0 Å². The summed E-state index contributed by atoms with van der Waals surface area (Å²) >= 11 is 0. The van der Waals surface area contributed by atoms with Gasteiger partial charge in [-0.1, -0.05) is 6.07 Å². The molecular formula is C15H20N2O2S. The van der Waals surface area contributed by atoms with Gasteiger partial charge in [-0.05, 0) is 43.2 Å². The Kier molecular flexibility index (Phi) is 4.18. The van der Waals surface area contributed by atoms with Gasteiger partial charge in [0.15, 0.2) is 9.84 Å². The highest BCUT2D eigenvalue weighted by Gasteiger charge is 2.09. The van der Waals surface area contributed by atoms with E-state index in [4.69, 9.17) is 0 Å². The van der Waals surface area contributed by atoms with E-state index in [1.54, 1.807) is 12.1 Å². The molecule has 0 radical (unpaired) electrons. The minimum absolute atomic E-state index is 0.344. The predicted molar refractivity (Wildman–Crippen MR) is 81.7 cm³/mol. The molecule has 1 N–H and O–H groups in total. The van der Waals surface area contributed by atoms with Crippen LogP contribution >= 0.6 is 0 Å². The highest BCUT2D eigenvalue weighted by Crippen LogP contribution is 2.21. The predicted octanol–water partition coefficient (Wildman–Crippen LogP) is 2.83. The van der Waals surface area contributed by atoms with Gasteiger partial charge in [0.25, 0.3) is 0 Å². The molecule has 108 valence electrons. The lowest BCUT2D eigenvalue weighted by molar-refractivity contribution is 0.602. The summed E-state index contributed by atoms with van der Waals surface area (Å²) in [5, 5.41) is 3.30. The SMILES string of the molecule is CCn1ccc(CNc2cc(S(C)(=O)=O)ccc2C)c1. The van der Waals surface area contributed by atoms with Crippen molar-refractivity contribution in [3.05, 3.63) is 47.8 Å². The van der Waals surface area contributed by atoms with Gasteiger partial charge in [-0.15, -0.1) is 0 Å². The lowest BCUT2D eigenvalue weighted by atomic mass is 10.2. The van der Waals surface area contributed by atoms with Gasteiger partial charge in [0.2, 0.25) is 0 Å².